The van der Waals surface area contributed by atoms with Crippen LogP contribution in [0, 0.1) is 0 Å². The van der Waals surface area contributed by atoms with Crippen LogP contribution < -0.4 is 10.6 Å². The first-order chi connectivity index (χ1) is 9.70. The van der Waals surface area contributed by atoms with Gasteiger partial charge >= 0.3 is 0 Å². The Balaban J connectivity index is 0.00000220. The maximum atomic E-state index is 12.1. The van der Waals surface area contributed by atoms with Gasteiger partial charge in [-0.15, -0.1) is 12.4 Å². The van der Waals surface area contributed by atoms with Crippen LogP contribution in [0.2, 0.25) is 0 Å². The average Bonchev–Trinajstić information content (AvgIpc) is 2.87. The minimum absolute atomic E-state index is 0. The fraction of sp³-hybridized carbons (Fsp3) is 0.467. The third-order valence-electron chi connectivity index (χ3n) is 3.42. The molecule has 1 aliphatic rings. The summed E-state index contributed by atoms with van der Waals surface area (Å²) in [6.07, 6.45) is 1.16. The van der Waals surface area contributed by atoms with Gasteiger partial charge in [0.1, 0.15) is 0 Å². The maximum Gasteiger partial charge on any atom is 0.233 e. The summed E-state index contributed by atoms with van der Waals surface area (Å²) >= 11 is 0. The Morgan fingerprint density at radius 1 is 1.19 bits per heavy atom. The van der Waals surface area contributed by atoms with Crippen molar-refractivity contribution in [2.45, 2.75) is 25.9 Å². The molecule has 116 valence electrons. The monoisotopic (exact) mass is 311 g/mol. The summed E-state index contributed by atoms with van der Waals surface area (Å²) in [6, 6.07) is 8.15. The Labute approximate surface area is 131 Å². The van der Waals surface area contributed by atoms with Crippen LogP contribution in [0.3, 0.4) is 0 Å². The zero-order valence-electron chi connectivity index (χ0n) is 12.2. The fourth-order valence-corrected chi connectivity index (χ4v) is 2.36. The number of halogens is 1. The molecule has 2 amide bonds. The lowest BCUT2D eigenvalue weighted by Gasteiger charge is -2.15. The molecule has 21 heavy (non-hydrogen) atoms. The predicted octanol–water partition coefficient (Wildman–Crippen LogP) is 1.07. The van der Waals surface area contributed by atoms with Crippen molar-refractivity contribution in [2.24, 2.45) is 0 Å². The molecule has 0 atom stereocenters. The van der Waals surface area contributed by atoms with Crippen LogP contribution in [0.25, 0.3) is 0 Å². The molecule has 2 rings (SSSR count). The molecule has 2 N–H and O–H groups in total. The lowest BCUT2D eigenvalue weighted by atomic mass is 10.1. The Bertz CT molecular complexity index is 469. The van der Waals surface area contributed by atoms with Gasteiger partial charge in [-0.3, -0.25) is 9.59 Å². The molecule has 0 bridgehead atoms. The molecule has 0 spiro atoms. The highest BCUT2D eigenvalue weighted by Crippen LogP contribution is 2.22. The van der Waals surface area contributed by atoms with Crippen molar-refractivity contribution < 1.29 is 9.59 Å². The van der Waals surface area contributed by atoms with Gasteiger partial charge in [-0.25, -0.2) is 0 Å². The van der Waals surface area contributed by atoms with E-state index in [-0.39, 0.29) is 24.2 Å². The van der Waals surface area contributed by atoms with Gasteiger partial charge in [-0.1, -0.05) is 24.3 Å². The highest BCUT2D eigenvalue weighted by atomic mass is 35.5. The fourth-order valence-electron chi connectivity index (χ4n) is 2.36. The molecule has 0 saturated heterocycles. The van der Waals surface area contributed by atoms with Gasteiger partial charge in [0.2, 0.25) is 11.8 Å². The Kier molecular flexibility index (Phi) is 7.19. The SMILES string of the molecule is CNCC(=O)NCCCC(=O)N1Cc2ccccc2C1.Cl. The summed E-state index contributed by atoms with van der Waals surface area (Å²) in [5.74, 6) is 0.123. The number of amides is 2. The van der Waals surface area contributed by atoms with E-state index >= 15 is 0 Å². The molecule has 1 aromatic rings. The van der Waals surface area contributed by atoms with E-state index in [4.69, 9.17) is 0 Å². The molecule has 0 unspecified atom stereocenters. The molecule has 0 saturated carbocycles. The number of nitrogens with zero attached hydrogens (tertiary/aromatic N) is 1. The minimum atomic E-state index is -0.0338. The van der Waals surface area contributed by atoms with Gasteiger partial charge in [0, 0.05) is 26.1 Å². The van der Waals surface area contributed by atoms with E-state index in [1.54, 1.807) is 7.05 Å². The van der Waals surface area contributed by atoms with Crippen molar-refractivity contribution in [2.75, 3.05) is 20.1 Å². The standard InChI is InChI=1S/C15H21N3O2.ClH/c1-16-9-14(19)17-8-4-7-15(20)18-10-12-5-2-3-6-13(12)11-18;/h2-3,5-6,16H,4,7-11H2,1H3,(H,17,19);1H. The maximum absolute atomic E-state index is 12.1. The third kappa shape index (κ3) is 5.02. The number of nitrogens with one attached hydrogen (secondary N) is 2. The molecule has 6 heteroatoms. The van der Waals surface area contributed by atoms with Crippen LogP contribution in [-0.4, -0.2) is 36.9 Å². The van der Waals surface area contributed by atoms with Gasteiger partial charge in [-0.05, 0) is 24.6 Å². The average molecular weight is 312 g/mol. The number of hydrogen-bond donors (Lipinski definition) is 2. The Morgan fingerprint density at radius 2 is 1.81 bits per heavy atom. The smallest absolute Gasteiger partial charge is 0.233 e. The van der Waals surface area contributed by atoms with Crippen molar-refractivity contribution in [3.05, 3.63) is 35.4 Å². The number of benzene rings is 1. The van der Waals surface area contributed by atoms with E-state index < -0.39 is 0 Å². The second-order valence-electron chi connectivity index (χ2n) is 5.00. The first-order valence-electron chi connectivity index (χ1n) is 6.96. The summed E-state index contributed by atoms with van der Waals surface area (Å²) in [7, 11) is 1.73. The van der Waals surface area contributed by atoms with E-state index in [2.05, 4.69) is 22.8 Å². The van der Waals surface area contributed by atoms with Gasteiger partial charge < -0.3 is 15.5 Å². The number of carbonyl (C=O) groups excluding carboxylic acids is 2. The third-order valence-corrected chi connectivity index (χ3v) is 3.42. The van der Waals surface area contributed by atoms with E-state index in [0.29, 0.717) is 39.0 Å². The van der Waals surface area contributed by atoms with Crippen molar-refractivity contribution in [1.29, 1.82) is 0 Å². The normalized spacial score (nSPS) is 12.5. The first kappa shape index (κ1) is 17.5. The quantitative estimate of drug-likeness (QED) is 0.773. The second-order valence-corrected chi connectivity index (χ2v) is 5.00. The van der Waals surface area contributed by atoms with Crippen LogP contribution in [0.15, 0.2) is 24.3 Å². The topological polar surface area (TPSA) is 61.4 Å². The number of carbonyl (C=O) groups is 2. The van der Waals surface area contributed by atoms with E-state index in [0.717, 1.165) is 0 Å². The van der Waals surface area contributed by atoms with Crippen molar-refractivity contribution in [3.8, 4) is 0 Å². The van der Waals surface area contributed by atoms with Crippen LogP contribution in [-0.2, 0) is 22.7 Å². The molecule has 1 aromatic carbocycles. The van der Waals surface area contributed by atoms with Crippen LogP contribution in [0.5, 0.6) is 0 Å². The molecule has 5 nitrogen and oxygen atoms in total. The first-order valence-corrected chi connectivity index (χ1v) is 6.96. The molecule has 0 aromatic heterocycles. The Morgan fingerprint density at radius 3 is 2.38 bits per heavy atom. The van der Waals surface area contributed by atoms with Crippen molar-refractivity contribution >= 4 is 24.2 Å². The number of fused-ring (bicyclic) bond motifs is 1. The predicted molar refractivity (Wildman–Crippen MR) is 84.1 cm³/mol. The summed E-state index contributed by atoms with van der Waals surface area (Å²) in [6.45, 7) is 2.28. The number of rotatable bonds is 6. The van der Waals surface area contributed by atoms with Crippen molar-refractivity contribution in [3.63, 3.8) is 0 Å². The largest absolute Gasteiger partial charge is 0.355 e. The summed E-state index contributed by atoms with van der Waals surface area (Å²) in [5.41, 5.74) is 2.48. The van der Waals surface area contributed by atoms with E-state index in [9.17, 15) is 9.59 Å². The van der Waals surface area contributed by atoms with Crippen LogP contribution in [0.4, 0.5) is 0 Å². The molecule has 1 aliphatic heterocycles. The second kappa shape index (κ2) is 8.64. The molecule has 0 fully saturated rings. The minimum Gasteiger partial charge on any atom is -0.355 e. The van der Waals surface area contributed by atoms with Crippen molar-refractivity contribution in [1.82, 2.24) is 15.5 Å². The molecule has 1 heterocycles. The lowest BCUT2D eigenvalue weighted by molar-refractivity contribution is -0.132. The molecule has 0 radical (unpaired) electrons. The summed E-state index contributed by atoms with van der Waals surface area (Å²) in [4.78, 5) is 25.2. The summed E-state index contributed by atoms with van der Waals surface area (Å²) < 4.78 is 0. The highest BCUT2D eigenvalue weighted by molar-refractivity contribution is 5.85. The molecule has 0 aliphatic carbocycles. The van der Waals surface area contributed by atoms with Crippen LogP contribution >= 0.6 is 12.4 Å². The lowest BCUT2D eigenvalue weighted by Crippen LogP contribution is -2.33. The molecular formula is C15H22ClN3O2. The summed E-state index contributed by atoms with van der Waals surface area (Å²) in [5, 5.41) is 5.56. The van der Waals surface area contributed by atoms with E-state index in [1.165, 1.54) is 11.1 Å². The van der Waals surface area contributed by atoms with Gasteiger partial charge in [0.05, 0.1) is 6.54 Å². The van der Waals surface area contributed by atoms with Gasteiger partial charge in [0.15, 0.2) is 0 Å². The zero-order valence-corrected chi connectivity index (χ0v) is 13.0. The van der Waals surface area contributed by atoms with Crippen LogP contribution in [0.1, 0.15) is 24.0 Å². The number of hydrogen-bond acceptors (Lipinski definition) is 3. The Hall–Kier alpha value is -1.59. The molecular weight excluding hydrogens is 290 g/mol. The zero-order chi connectivity index (χ0) is 14.4. The van der Waals surface area contributed by atoms with Gasteiger partial charge in [0.25, 0.3) is 0 Å². The van der Waals surface area contributed by atoms with E-state index in [1.807, 2.05) is 17.0 Å². The number of likely N-dealkylation sites (N-methyl/N-ethyl adjacent to an activating group) is 1. The van der Waals surface area contributed by atoms with Gasteiger partial charge in [-0.2, -0.15) is 0 Å². The highest BCUT2D eigenvalue weighted by Gasteiger charge is 2.22.